The zero-order valence-corrected chi connectivity index (χ0v) is 17.2. The number of nitrogens with one attached hydrogen (secondary N) is 2. The molecule has 0 aromatic heterocycles. The Kier molecular flexibility index (Phi) is 4.99. The lowest BCUT2D eigenvalue weighted by molar-refractivity contribution is -0.150. The number of hydrogen-bond acceptors (Lipinski definition) is 5. The summed E-state index contributed by atoms with van der Waals surface area (Å²) < 4.78 is 23.8. The molecule has 8 nitrogen and oxygen atoms in total. The number of aryl methyl sites for hydroxylation is 1. The third-order valence-electron chi connectivity index (χ3n) is 5.56. The van der Waals surface area contributed by atoms with Crippen LogP contribution >= 0.6 is 0 Å². The second-order valence-corrected chi connectivity index (χ2v) is 10.6. The summed E-state index contributed by atoms with van der Waals surface area (Å²) >= 11 is 0. The Morgan fingerprint density at radius 3 is 2.43 bits per heavy atom. The van der Waals surface area contributed by atoms with Gasteiger partial charge in [0.25, 0.3) is 0 Å². The lowest BCUT2D eigenvalue weighted by Gasteiger charge is -2.37. The molecule has 3 unspecified atom stereocenters. The minimum Gasteiger partial charge on any atom is -0.350 e. The van der Waals surface area contributed by atoms with Crippen LogP contribution < -0.4 is 10.6 Å². The summed E-state index contributed by atoms with van der Waals surface area (Å²) in [7, 11) is -3.65. The average Bonchev–Trinajstić information content (AvgIpc) is 2.74. The van der Waals surface area contributed by atoms with Crippen molar-refractivity contribution in [3.8, 4) is 0 Å². The molecule has 2 aliphatic rings. The van der Waals surface area contributed by atoms with Gasteiger partial charge in [-0.1, -0.05) is 29.8 Å². The zero-order chi connectivity index (χ0) is 20.9. The molecule has 2 heterocycles. The first kappa shape index (κ1) is 20.3. The first-order chi connectivity index (χ1) is 13.0. The van der Waals surface area contributed by atoms with Gasteiger partial charge < -0.3 is 15.5 Å². The number of hydrogen-bond donors (Lipinski definition) is 2. The Labute approximate surface area is 164 Å². The Balaban J connectivity index is 1.64. The number of carbonyl (C=O) groups excluding carboxylic acids is 3. The van der Waals surface area contributed by atoms with E-state index in [0.717, 1.165) is 16.0 Å². The molecule has 3 amide bonds. The van der Waals surface area contributed by atoms with Crippen LogP contribution in [0.5, 0.6) is 0 Å². The molecule has 9 heteroatoms. The smallest absolute Gasteiger partial charge is 0.245 e. The van der Waals surface area contributed by atoms with E-state index in [4.69, 9.17) is 0 Å². The van der Waals surface area contributed by atoms with Crippen LogP contribution in [0.1, 0.15) is 38.3 Å². The maximum Gasteiger partial charge on any atom is 0.245 e. The first-order valence-corrected chi connectivity index (χ1v) is 10.7. The van der Waals surface area contributed by atoms with Crippen molar-refractivity contribution >= 4 is 27.6 Å². The molecule has 0 bridgehead atoms. The number of nitrogens with zero attached hydrogens (tertiary/aromatic N) is 1. The normalized spacial score (nSPS) is 25.4. The predicted molar refractivity (Wildman–Crippen MR) is 103 cm³/mol. The number of sulfone groups is 1. The molecule has 2 N–H and O–H groups in total. The van der Waals surface area contributed by atoms with E-state index in [1.807, 2.05) is 31.2 Å². The number of β-lactam (4-membered cyclic amide) rings is 1. The minimum absolute atomic E-state index is 0.0951. The molecule has 3 rings (SSSR count). The molecule has 1 aromatic carbocycles. The van der Waals surface area contributed by atoms with Gasteiger partial charge >= 0.3 is 0 Å². The Morgan fingerprint density at radius 2 is 1.86 bits per heavy atom. The molecule has 28 heavy (non-hydrogen) atoms. The van der Waals surface area contributed by atoms with Gasteiger partial charge in [0.05, 0.1) is 11.2 Å². The van der Waals surface area contributed by atoms with Crippen LogP contribution in [-0.4, -0.2) is 53.2 Å². The summed E-state index contributed by atoms with van der Waals surface area (Å²) in [6, 6.07) is 5.68. The van der Waals surface area contributed by atoms with Crippen molar-refractivity contribution < 1.29 is 22.8 Å². The van der Waals surface area contributed by atoms with Gasteiger partial charge in [-0.25, -0.2) is 8.42 Å². The summed E-state index contributed by atoms with van der Waals surface area (Å²) in [5.74, 6) is -1.39. The van der Waals surface area contributed by atoms with Crippen LogP contribution in [0.3, 0.4) is 0 Å². The van der Waals surface area contributed by atoms with Crippen molar-refractivity contribution in [2.75, 3.05) is 0 Å². The van der Waals surface area contributed by atoms with E-state index in [2.05, 4.69) is 10.6 Å². The average molecular weight is 407 g/mol. The van der Waals surface area contributed by atoms with E-state index >= 15 is 0 Å². The van der Waals surface area contributed by atoms with Gasteiger partial charge in [-0.2, -0.15) is 0 Å². The van der Waals surface area contributed by atoms with Crippen LogP contribution in [0, 0.1) is 6.92 Å². The number of carbonyl (C=O) groups is 3. The number of rotatable bonds is 5. The van der Waals surface area contributed by atoms with Crippen molar-refractivity contribution in [3.63, 3.8) is 0 Å². The fraction of sp³-hybridized carbons (Fsp3) is 0.526. The van der Waals surface area contributed by atoms with Crippen LogP contribution in [0.2, 0.25) is 0 Å². The largest absolute Gasteiger partial charge is 0.350 e. The molecular weight excluding hydrogens is 382 g/mol. The monoisotopic (exact) mass is 407 g/mol. The molecule has 2 aliphatic heterocycles. The first-order valence-electron chi connectivity index (χ1n) is 9.15. The lowest BCUT2D eigenvalue weighted by Crippen LogP contribution is -2.61. The van der Waals surface area contributed by atoms with Crippen molar-refractivity contribution in [3.05, 3.63) is 35.4 Å². The van der Waals surface area contributed by atoms with Crippen molar-refractivity contribution in [2.24, 2.45) is 0 Å². The second-order valence-electron chi connectivity index (χ2n) is 7.94. The molecule has 3 atom stereocenters. The van der Waals surface area contributed by atoms with E-state index in [-0.39, 0.29) is 18.2 Å². The SMILES string of the molecule is Cc1ccc(CNC(=O)C(C)NC(=O)C2N3C(=O)CC3S(=O)(=O)C2(C)C)cc1. The van der Waals surface area contributed by atoms with E-state index in [1.54, 1.807) is 0 Å². The highest BCUT2D eigenvalue weighted by atomic mass is 32.2. The highest BCUT2D eigenvalue weighted by Crippen LogP contribution is 2.45. The number of benzene rings is 1. The molecule has 0 aliphatic carbocycles. The van der Waals surface area contributed by atoms with Gasteiger partial charge in [-0.05, 0) is 33.3 Å². The Morgan fingerprint density at radius 1 is 1.25 bits per heavy atom. The fourth-order valence-electron chi connectivity index (χ4n) is 3.66. The standard InChI is InChI=1S/C19H25N3O5S/c1-11-5-7-13(8-6-11)10-20-17(24)12(2)21-18(25)16-19(3,4)28(26,27)15-9-14(23)22(15)16/h5-8,12,15-16H,9-10H2,1-4H3,(H,20,24)(H,21,25). The molecule has 0 spiro atoms. The van der Waals surface area contributed by atoms with Crippen LogP contribution in [0.25, 0.3) is 0 Å². The molecule has 1 aromatic rings. The van der Waals surface area contributed by atoms with Crippen molar-refractivity contribution in [1.82, 2.24) is 15.5 Å². The molecule has 2 fully saturated rings. The van der Waals surface area contributed by atoms with Crippen LogP contribution in [0.15, 0.2) is 24.3 Å². The molecule has 0 radical (unpaired) electrons. The third kappa shape index (κ3) is 3.17. The predicted octanol–water partition coefficient (Wildman–Crippen LogP) is 0.250. The van der Waals surface area contributed by atoms with Crippen LogP contribution in [0.4, 0.5) is 0 Å². The second kappa shape index (κ2) is 6.88. The molecule has 2 saturated heterocycles. The highest BCUT2D eigenvalue weighted by Gasteiger charge is 2.67. The van der Waals surface area contributed by atoms with E-state index in [1.165, 1.54) is 20.8 Å². The lowest BCUT2D eigenvalue weighted by atomic mass is 9.97. The van der Waals surface area contributed by atoms with Gasteiger partial charge in [0, 0.05) is 6.54 Å². The van der Waals surface area contributed by atoms with E-state index < -0.39 is 37.9 Å². The van der Waals surface area contributed by atoms with Gasteiger partial charge in [0.15, 0.2) is 9.84 Å². The maximum atomic E-state index is 12.8. The fourth-order valence-corrected chi connectivity index (χ4v) is 5.79. The van der Waals surface area contributed by atoms with Gasteiger partial charge in [-0.3, -0.25) is 14.4 Å². The van der Waals surface area contributed by atoms with Crippen molar-refractivity contribution in [2.45, 2.75) is 62.9 Å². The van der Waals surface area contributed by atoms with Gasteiger partial charge in [-0.15, -0.1) is 0 Å². The third-order valence-corrected chi connectivity index (χ3v) is 8.36. The minimum atomic E-state index is -3.65. The number of amides is 3. The molecular formula is C19H25N3O5S. The summed E-state index contributed by atoms with van der Waals surface area (Å²) in [4.78, 5) is 38.1. The van der Waals surface area contributed by atoms with Crippen LogP contribution in [-0.2, 0) is 30.8 Å². The van der Waals surface area contributed by atoms with E-state index in [0.29, 0.717) is 6.54 Å². The highest BCUT2D eigenvalue weighted by molar-refractivity contribution is 7.93. The van der Waals surface area contributed by atoms with Crippen molar-refractivity contribution in [1.29, 1.82) is 0 Å². The Bertz CT molecular complexity index is 923. The summed E-state index contributed by atoms with van der Waals surface area (Å²) in [5.41, 5.74) is 2.04. The summed E-state index contributed by atoms with van der Waals surface area (Å²) in [5, 5.41) is 4.35. The Hall–Kier alpha value is -2.42. The van der Waals surface area contributed by atoms with Gasteiger partial charge in [0.2, 0.25) is 17.7 Å². The maximum absolute atomic E-state index is 12.8. The zero-order valence-electron chi connectivity index (χ0n) is 16.4. The molecule has 152 valence electrons. The molecule has 0 saturated carbocycles. The van der Waals surface area contributed by atoms with E-state index in [9.17, 15) is 22.8 Å². The number of fused-ring (bicyclic) bond motifs is 1. The quantitative estimate of drug-likeness (QED) is 0.680. The summed E-state index contributed by atoms with van der Waals surface area (Å²) in [6.07, 6.45) is -0.0951. The topological polar surface area (TPSA) is 113 Å². The summed E-state index contributed by atoms with van der Waals surface area (Å²) in [6.45, 7) is 6.70. The van der Waals surface area contributed by atoms with Gasteiger partial charge in [0.1, 0.15) is 17.5 Å².